The van der Waals surface area contributed by atoms with E-state index in [-0.39, 0.29) is 11.4 Å². The molecule has 1 aromatic carbocycles. The molecule has 0 unspecified atom stereocenters. The number of ether oxygens (including phenoxy) is 1. The molecule has 1 heterocycles. The van der Waals surface area contributed by atoms with E-state index in [2.05, 4.69) is 4.98 Å². The minimum absolute atomic E-state index is 0.102. The van der Waals surface area contributed by atoms with Crippen LogP contribution in [-0.2, 0) is 0 Å². The van der Waals surface area contributed by atoms with Crippen LogP contribution < -0.4 is 4.74 Å². The Hall–Kier alpha value is -3.01. The third kappa shape index (κ3) is 2.40. The molecule has 0 spiro atoms. The quantitative estimate of drug-likeness (QED) is 0.633. The van der Waals surface area contributed by atoms with Crippen LogP contribution >= 0.6 is 0 Å². The summed E-state index contributed by atoms with van der Waals surface area (Å²) < 4.78 is 18.8. The highest BCUT2D eigenvalue weighted by atomic mass is 19.1. The van der Waals surface area contributed by atoms with Crippen molar-refractivity contribution < 1.29 is 14.1 Å². The fourth-order valence-electron chi connectivity index (χ4n) is 1.59. The lowest BCUT2D eigenvalue weighted by Crippen LogP contribution is -1.99. The second kappa shape index (κ2) is 5.32. The maximum Gasteiger partial charge on any atom is 0.314 e. The van der Waals surface area contributed by atoms with Gasteiger partial charge in [-0.15, -0.1) is 0 Å². The van der Waals surface area contributed by atoms with Crippen LogP contribution in [0, 0.1) is 34.2 Å². The van der Waals surface area contributed by atoms with Gasteiger partial charge in [-0.05, 0) is 24.6 Å². The Balaban J connectivity index is 2.54. The van der Waals surface area contributed by atoms with Gasteiger partial charge in [0.25, 0.3) is 0 Å². The predicted molar refractivity (Wildman–Crippen MR) is 66.8 cm³/mol. The number of benzene rings is 1. The average molecular weight is 273 g/mol. The van der Waals surface area contributed by atoms with Gasteiger partial charge in [0, 0.05) is 12.3 Å². The van der Waals surface area contributed by atoms with E-state index >= 15 is 0 Å². The van der Waals surface area contributed by atoms with Gasteiger partial charge in [-0.25, -0.2) is 9.37 Å². The number of aryl methyl sites for hydroxylation is 1. The van der Waals surface area contributed by atoms with Gasteiger partial charge in [0.2, 0.25) is 11.6 Å². The molecule has 0 N–H and O–H groups in total. The summed E-state index contributed by atoms with van der Waals surface area (Å²) >= 11 is 0. The Morgan fingerprint density at radius 1 is 1.45 bits per heavy atom. The van der Waals surface area contributed by atoms with Crippen molar-refractivity contribution in [3.63, 3.8) is 0 Å². The van der Waals surface area contributed by atoms with Gasteiger partial charge < -0.3 is 4.74 Å². The lowest BCUT2D eigenvalue weighted by Gasteiger charge is -2.08. The fourth-order valence-corrected chi connectivity index (χ4v) is 1.59. The van der Waals surface area contributed by atoms with Crippen LogP contribution in [0.15, 0.2) is 30.5 Å². The highest BCUT2D eigenvalue weighted by molar-refractivity contribution is 5.51. The maximum atomic E-state index is 13.7. The molecule has 0 radical (unpaired) electrons. The summed E-state index contributed by atoms with van der Waals surface area (Å²) in [4.78, 5) is 13.9. The summed E-state index contributed by atoms with van der Waals surface area (Å²) in [6.45, 7) is 1.66. The van der Waals surface area contributed by atoms with E-state index in [9.17, 15) is 14.5 Å². The molecule has 1 aromatic heterocycles. The van der Waals surface area contributed by atoms with Gasteiger partial charge in [-0.1, -0.05) is 6.07 Å². The van der Waals surface area contributed by atoms with Crippen molar-refractivity contribution in [1.29, 1.82) is 5.26 Å². The summed E-state index contributed by atoms with van der Waals surface area (Å²) in [6, 6.07) is 6.80. The summed E-state index contributed by atoms with van der Waals surface area (Å²) in [5.41, 5.74) is 0.152. The van der Waals surface area contributed by atoms with Crippen molar-refractivity contribution in [3.05, 3.63) is 57.5 Å². The predicted octanol–water partition coefficient (Wildman–Crippen LogP) is 3.10. The van der Waals surface area contributed by atoms with E-state index in [0.717, 1.165) is 12.1 Å². The summed E-state index contributed by atoms with van der Waals surface area (Å²) in [5, 5.41) is 19.9. The van der Waals surface area contributed by atoms with E-state index in [0.29, 0.717) is 5.56 Å². The van der Waals surface area contributed by atoms with Crippen molar-refractivity contribution in [2.24, 2.45) is 0 Å². The van der Waals surface area contributed by atoms with E-state index in [4.69, 9.17) is 10.00 Å². The molecule has 0 saturated heterocycles. The van der Waals surface area contributed by atoms with Crippen molar-refractivity contribution in [2.75, 3.05) is 0 Å². The molecule has 7 heteroatoms. The third-order valence-corrected chi connectivity index (χ3v) is 2.58. The lowest BCUT2D eigenvalue weighted by molar-refractivity contribution is -0.385. The first kappa shape index (κ1) is 13.4. The molecule has 0 fully saturated rings. The minimum atomic E-state index is -0.897. The molecular weight excluding hydrogens is 265 g/mol. The molecule has 2 aromatic rings. The van der Waals surface area contributed by atoms with Crippen molar-refractivity contribution in [3.8, 4) is 17.7 Å². The standard InChI is InChI=1S/C13H8FN3O3/c1-8-5-6-16-13(9(8)7-15)20-12-10(14)3-2-4-11(12)17(18)19/h2-6H,1H3. The summed E-state index contributed by atoms with van der Waals surface area (Å²) in [7, 11) is 0. The largest absolute Gasteiger partial charge is 0.427 e. The number of para-hydroxylation sites is 1. The highest BCUT2D eigenvalue weighted by Gasteiger charge is 2.22. The normalized spacial score (nSPS) is 9.85. The molecule has 2 rings (SSSR count). The number of nitro benzene ring substituents is 1. The molecule has 20 heavy (non-hydrogen) atoms. The summed E-state index contributed by atoms with van der Waals surface area (Å²) in [6.07, 6.45) is 1.37. The molecule has 6 nitrogen and oxygen atoms in total. The monoisotopic (exact) mass is 273 g/mol. The summed E-state index contributed by atoms with van der Waals surface area (Å²) in [5.74, 6) is -1.63. The second-order valence-electron chi connectivity index (χ2n) is 3.87. The zero-order valence-electron chi connectivity index (χ0n) is 10.3. The first-order chi connectivity index (χ1) is 9.54. The van der Waals surface area contributed by atoms with E-state index in [1.165, 1.54) is 12.3 Å². The average Bonchev–Trinajstić information content (AvgIpc) is 2.41. The number of hydrogen-bond acceptors (Lipinski definition) is 5. The molecule has 0 amide bonds. The third-order valence-electron chi connectivity index (χ3n) is 2.58. The SMILES string of the molecule is Cc1ccnc(Oc2c(F)cccc2[N+](=O)[O-])c1C#N. The van der Waals surface area contributed by atoms with Gasteiger partial charge in [0.05, 0.1) is 4.92 Å². The lowest BCUT2D eigenvalue weighted by atomic mass is 10.2. The molecule has 0 bridgehead atoms. The molecule has 0 aliphatic heterocycles. The van der Waals surface area contributed by atoms with Crippen LogP contribution in [0.2, 0.25) is 0 Å². The molecule has 0 aliphatic rings. The van der Waals surface area contributed by atoms with E-state index < -0.39 is 22.2 Å². The molecule has 0 atom stereocenters. The van der Waals surface area contributed by atoms with Gasteiger partial charge in [0.15, 0.2) is 5.82 Å². The van der Waals surface area contributed by atoms with Crippen LogP contribution in [-0.4, -0.2) is 9.91 Å². The van der Waals surface area contributed by atoms with Crippen LogP contribution in [0.25, 0.3) is 0 Å². The molecular formula is C13H8FN3O3. The Bertz CT molecular complexity index is 725. The van der Waals surface area contributed by atoms with Crippen LogP contribution in [0.3, 0.4) is 0 Å². The smallest absolute Gasteiger partial charge is 0.314 e. The zero-order valence-corrected chi connectivity index (χ0v) is 10.3. The van der Waals surface area contributed by atoms with E-state index in [1.54, 1.807) is 13.0 Å². The van der Waals surface area contributed by atoms with Gasteiger partial charge in [-0.3, -0.25) is 10.1 Å². The Kier molecular flexibility index (Phi) is 3.57. The molecule has 100 valence electrons. The number of hydrogen-bond donors (Lipinski definition) is 0. The number of rotatable bonds is 3. The number of pyridine rings is 1. The highest BCUT2D eigenvalue weighted by Crippen LogP contribution is 2.34. The zero-order chi connectivity index (χ0) is 14.7. The fraction of sp³-hybridized carbons (Fsp3) is 0.0769. The van der Waals surface area contributed by atoms with Gasteiger partial charge in [-0.2, -0.15) is 5.26 Å². The topological polar surface area (TPSA) is 89.1 Å². The number of nitro groups is 1. The Morgan fingerprint density at radius 2 is 2.20 bits per heavy atom. The van der Waals surface area contributed by atoms with Crippen molar-refractivity contribution in [2.45, 2.75) is 6.92 Å². The number of nitriles is 1. The van der Waals surface area contributed by atoms with Crippen LogP contribution in [0.4, 0.5) is 10.1 Å². The Labute approximate surface area is 113 Å². The number of halogens is 1. The minimum Gasteiger partial charge on any atom is -0.427 e. The molecule has 0 aliphatic carbocycles. The van der Waals surface area contributed by atoms with Gasteiger partial charge >= 0.3 is 5.69 Å². The first-order valence-electron chi connectivity index (χ1n) is 5.51. The van der Waals surface area contributed by atoms with Crippen LogP contribution in [0.1, 0.15) is 11.1 Å². The first-order valence-corrected chi connectivity index (χ1v) is 5.51. The van der Waals surface area contributed by atoms with E-state index in [1.807, 2.05) is 6.07 Å². The second-order valence-corrected chi connectivity index (χ2v) is 3.87. The van der Waals surface area contributed by atoms with Crippen LogP contribution in [0.5, 0.6) is 11.6 Å². The number of aromatic nitrogens is 1. The van der Waals surface area contributed by atoms with Gasteiger partial charge in [0.1, 0.15) is 11.6 Å². The Morgan fingerprint density at radius 3 is 2.85 bits per heavy atom. The number of nitrogens with zero attached hydrogens (tertiary/aromatic N) is 3. The van der Waals surface area contributed by atoms with Crippen molar-refractivity contribution >= 4 is 5.69 Å². The van der Waals surface area contributed by atoms with Crippen molar-refractivity contribution in [1.82, 2.24) is 4.98 Å². The molecule has 0 saturated carbocycles. The maximum absolute atomic E-state index is 13.7.